The molecule has 1 unspecified atom stereocenters. The molecule has 0 amide bonds. The number of ether oxygens (including phenoxy) is 1. The van der Waals surface area contributed by atoms with Crippen molar-refractivity contribution >= 4 is 0 Å². The van der Waals surface area contributed by atoms with Crippen molar-refractivity contribution in [3.63, 3.8) is 0 Å². The van der Waals surface area contributed by atoms with Crippen LogP contribution in [0.15, 0.2) is 18.5 Å². The predicted molar refractivity (Wildman–Crippen MR) is 65.6 cm³/mol. The minimum Gasteiger partial charge on any atom is -0.381 e. The van der Waals surface area contributed by atoms with E-state index in [0.29, 0.717) is 5.92 Å². The smallest absolute Gasteiger partial charge is 0.0498 e. The van der Waals surface area contributed by atoms with E-state index in [9.17, 15) is 0 Å². The molecule has 2 nitrogen and oxygen atoms in total. The Bertz CT molecular complexity index is 348. The van der Waals surface area contributed by atoms with E-state index in [4.69, 9.17) is 4.74 Å². The number of rotatable bonds is 2. The van der Waals surface area contributed by atoms with Gasteiger partial charge in [0.2, 0.25) is 0 Å². The molecule has 0 bridgehead atoms. The maximum Gasteiger partial charge on any atom is 0.0498 e. The summed E-state index contributed by atoms with van der Waals surface area (Å²) < 4.78 is 5.41. The standard InChI is InChI=1S/C14H21NO/c1-14(2,3)13-7-12(8-15-9-13)6-11-4-5-16-10-11/h7-9,11H,4-6,10H2,1-3H3. The van der Waals surface area contributed by atoms with Crippen molar-refractivity contribution in [1.82, 2.24) is 4.98 Å². The van der Waals surface area contributed by atoms with Crippen molar-refractivity contribution in [1.29, 1.82) is 0 Å². The first kappa shape index (κ1) is 11.6. The third kappa shape index (κ3) is 2.82. The van der Waals surface area contributed by atoms with Crippen molar-refractivity contribution in [2.75, 3.05) is 13.2 Å². The molecule has 1 aromatic rings. The molecule has 2 heterocycles. The maximum atomic E-state index is 5.41. The van der Waals surface area contributed by atoms with Crippen LogP contribution in [0.1, 0.15) is 38.3 Å². The van der Waals surface area contributed by atoms with Crippen LogP contribution in [0.25, 0.3) is 0 Å². The van der Waals surface area contributed by atoms with E-state index in [1.165, 1.54) is 17.5 Å². The lowest BCUT2D eigenvalue weighted by Gasteiger charge is -2.19. The molecule has 16 heavy (non-hydrogen) atoms. The Morgan fingerprint density at radius 1 is 1.38 bits per heavy atom. The number of hydrogen-bond donors (Lipinski definition) is 0. The van der Waals surface area contributed by atoms with E-state index in [1.807, 2.05) is 12.4 Å². The SMILES string of the molecule is CC(C)(C)c1cncc(CC2CCOC2)c1. The van der Waals surface area contributed by atoms with E-state index >= 15 is 0 Å². The molecule has 2 heteroatoms. The second kappa shape index (κ2) is 4.54. The summed E-state index contributed by atoms with van der Waals surface area (Å²) in [6, 6.07) is 2.30. The second-order valence-electron chi connectivity index (χ2n) is 5.77. The maximum absolute atomic E-state index is 5.41. The normalized spacial score (nSPS) is 21.3. The van der Waals surface area contributed by atoms with Crippen molar-refractivity contribution in [3.8, 4) is 0 Å². The zero-order chi connectivity index (χ0) is 11.6. The second-order valence-corrected chi connectivity index (χ2v) is 5.77. The zero-order valence-electron chi connectivity index (χ0n) is 10.5. The Kier molecular flexibility index (Phi) is 3.29. The van der Waals surface area contributed by atoms with Crippen LogP contribution >= 0.6 is 0 Å². The van der Waals surface area contributed by atoms with E-state index in [0.717, 1.165) is 19.6 Å². The van der Waals surface area contributed by atoms with E-state index in [2.05, 4.69) is 31.8 Å². The number of nitrogens with zero attached hydrogens (tertiary/aromatic N) is 1. The molecular formula is C14H21NO. The fraction of sp³-hybridized carbons (Fsp3) is 0.643. The van der Waals surface area contributed by atoms with Gasteiger partial charge in [0.05, 0.1) is 0 Å². The first-order valence-electron chi connectivity index (χ1n) is 6.08. The van der Waals surface area contributed by atoms with Crippen molar-refractivity contribution in [2.45, 2.75) is 39.0 Å². The number of aromatic nitrogens is 1. The van der Waals surface area contributed by atoms with Crippen LogP contribution in [0, 0.1) is 5.92 Å². The highest BCUT2D eigenvalue weighted by molar-refractivity contribution is 5.24. The summed E-state index contributed by atoms with van der Waals surface area (Å²) >= 11 is 0. The molecule has 1 fully saturated rings. The third-order valence-corrected chi connectivity index (χ3v) is 3.21. The lowest BCUT2D eigenvalue weighted by atomic mass is 9.86. The Labute approximate surface area is 98.0 Å². The highest BCUT2D eigenvalue weighted by Gasteiger charge is 2.18. The van der Waals surface area contributed by atoms with Crippen molar-refractivity contribution < 1.29 is 4.74 Å². The first-order chi connectivity index (χ1) is 7.55. The summed E-state index contributed by atoms with van der Waals surface area (Å²) in [5, 5.41) is 0. The van der Waals surface area contributed by atoms with Crippen LogP contribution in [0.4, 0.5) is 0 Å². The van der Waals surface area contributed by atoms with Crippen LogP contribution in [-0.4, -0.2) is 18.2 Å². The van der Waals surface area contributed by atoms with Crippen LogP contribution in [0.5, 0.6) is 0 Å². The molecule has 88 valence electrons. The third-order valence-electron chi connectivity index (χ3n) is 3.21. The minimum atomic E-state index is 0.190. The van der Waals surface area contributed by atoms with Crippen molar-refractivity contribution in [2.24, 2.45) is 5.92 Å². The van der Waals surface area contributed by atoms with Gasteiger partial charge in [-0.1, -0.05) is 26.8 Å². The predicted octanol–water partition coefficient (Wildman–Crippen LogP) is 2.96. The molecule has 0 N–H and O–H groups in total. The topological polar surface area (TPSA) is 22.1 Å². The van der Waals surface area contributed by atoms with E-state index in [1.54, 1.807) is 0 Å². The molecular weight excluding hydrogens is 198 g/mol. The molecule has 0 spiro atoms. The summed E-state index contributed by atoms with van der Waals surface area (Å²) in [6.07, 6.45) is 6.28. The van der Waals surface area contributed by atoms with Crippen molar-refractivity contribution in [3.05, 3.63) is 29.6 Å². The molecule has 1 aliphatic rings. The monoisotopic (exact) mass is 219 g/mol. The van der Waals surface area contributed by atoms with Gasteiger partial charge in [0.25, 0.3) is 0 Å². The van der Waals surface area contributed by atoms with Gasteiger partial charge in [-0.25, -0.2) is 0 Å². The summed E-state index contributed by atoms with van der Waals surface area (Å²) in [6.45, 7) is 8.53. The van der Waals surface area contributed by atoms with Crippen LogP contribution in [0.2, 0.25) is 0 Å². The Morgan fingerprint density at radius 2 is 2.19 bits per heavy atom. The van der Waals surface area contributed by atoms with Gasteiger partial charge in [0.15, 0.2) is 0 Å². The van der Waals surface area contributed by atoms with Gasteiger partial charge in [-0.05, 0) is 35.3 Å². The van der Waals surface area contributed by atoms with Crippen LogP contribution in [-0.2, 0) is 16.6 Å². The molecule has 0 aromatic carbocycles. The average Bonchev–Trinajstić information content (AvgIpc) is 2.70. The average molecular weight is 219 g/mol. The molecule has 0 saturated carbocycles. The summed E-state index contributed by atoms with van der Waals surface area (Å²) in [5.41, 5.74) is 2.86. The van der Waals surface area contributed by atoms with Gasteiger partial charge in [-0.2, -0.15) is 0 Å². The molecule has 1 atom stereocenters. The fourth-order valence-electron chi connectivity index (χ4n) is 2.09. The summed E-state index contributed by atoms with van der Waals surface area (Å²) in [7, 11) is 0. The minimum absolute atomic E-state index is 0.190. The van der Waals surface area contributed by atoms with Crippen LogP contribution in [0.3, 0.4) is 0 Å². The lowest BCUT2D eigenvalue weighted by molar-refractivity contribution is 0.186. The summed E-state index contributed by atoms with van der Waals surface area (Å²) in [4.78, 5) is 4.35. The lowest BCUT2D eigenvalue weighted by Crippen LogP contribution is -2.13. The first-order valence-corrected chi connectivity index (χ1v) is 6.08. The van der Waals surface area contributed by atoms with Gasteiger partial charge in [-0.15, -0.1) is 0 Å². The number of pyridine rings is 1. The van der Waals surface area contributed by atoms with E-state index < -0.39 is 0 Å². The van der Waals surface area contributed by atoms with Gasteiger partial charge < -0.3 is 4.74 Å². The van der Waals surface area contributed by atoms with Crippen LogP contribution < -0.4 is 0 Å². The largest absolute Gasteiger partial charge is 0.381 e. The molecule has 2 rings (SSSR count). The Morgan fingerprint density at radius 3 is 2.81 bits per heavy atom. The molecule has 1 aromatic heterocycles. The molecule has 1 saturated heterocycles. The molecule has 0 radical (unpaired) electrons. The van der Waals surface area contributed by atoms with Gasteiger partial charge in [-0.3, -0.25) is 4.98 Å². The van der Waals surface area contributed by atoms with Gasteiger partial charge in [0, 0.05) is 25.6 Å². The summed E-state index contributed by atoms with van der Waals surface area (Å²) in [5.74, 6) is 0.692. The van der Waals surface area contributed by atoms with Gasteiger partial charge >= 0.3 is 0 Å². The zero-order valence-corrected chi connectivity index (χ0v) is 10.5. The fourth-order valence-corrected chi connectivity index (χ4v) is 2.09. The quantitative estimate of drug-likeness (QED) is 0.763. The van der Waals surface area contributed by atoms with Gasteiger partial charge in [0.1, 0.15) is 0 Å². The molecule has 1 aliphatic heterocycles. The van der Waals surface area contributed by atoms with E-state index in [-0.39, 0.29) is 5.41 Å². The highest BCUT2D eigenvalue weighted by Crippen LogP contribution is 2.24. The number of hydrogen-bond acceptors (Lipinski definition) is 2. The Balaban J connectivity index is 2.09. The highest BCUT2D eigenvalue weighted by atomic mass is 16.5. The Hall–Kier alpha value is -0.890. The molecule has 0 aliphatic carbocycles.